The van der Waals surface area contributed by atoms with Gasteiger partial charge in [0.05, 0.1) is 39.4 Å². The van der Waals surface area contributed by atoms with E-state index in [1.165, 1.54) is 4.90 Å². The number of amides is 3. The van der Waals surface area contributed by atoms with E-state index in [0.717, 1.165) is 0 Å². The van der Waals surface area contributed by atoms with Gasteiger partial charge in [-0.2, -0.15) is 0 Å². The third kappa shape index (κ3) is 5.82. The highest BCUT2D eigenvalue weighted by atomic mass is 32.2. The van der Waals surface area contributed by atoms with Crippen LogP contribution in [-0.2, 0) is 41.6 Å². The highest BCUT2D eigenvalue weighted by Gasteiger charge is 2.41. The second-order valence-corrected chi connectivity index (χ2v) is 8.64. The van der Waals surface area contributed by atoms with Crippen LogP contribution in [0.4, 0.5) is 0 Å². The molecule has 0 bridgehead atoms. The highest BCUT2D eigenvalue weighted by molar-refractivity contribution is 7.91. The number of carbonyl (C=O) groups is 4. The number of carboxylic acid groups (broad SMARTS) is 1. The SMILES string of the molecule is O=C(O)CCOCCOCC[S+]([O-])c1cccc2c1CN(C1CCC(=O)NC1=O)C2=O. The zero-order chi connectivity index (χ0) is 22.4. The second kappa shape index (κ2) is 10.7. The third-order valence-electron chi connectivity index (χ3n) is 5.03. The van der Waals surface area contributed by atoms with E-state index in [2.05, 4.69) is 5.32 Å². The van der Waals surface area contributed by atoms with Gasteiger partial charge in [0.2, 0.25) is 11.8 Å². The Morgan fingerprint density at radius 3 is 2.65 bits per heavy atom. The molecule has 0 aliphatic carbocycles. The molecule has 0 saturated carbocycles. The molecule has 1 saturated heterocycles. The van der Waals surface area contributed by atoms with Crippen LogP contribution in [0.25, 0.3) is 0 Å². The molecule has 0 radical (unpaired) electrons. The maximum Gasteiger partial charge on any atom is 0.305 e. The van der Waals surface area contributed by atoms with Crippen molar-refractivity contribution in [2.24, 2.45) is 0 Å². The number of hydrogen-bond acceptors (Lipinski definition) is 7. The zero-order valence-corrected chi connectivity index (χ0v) is 17.7. The predicted molar refractivity (Wildman–Crippen MR) is 108 cm³/mol. The van der Waals surface area contributed by atoms with Gasteiger partial charge in [0.1, 0.15) is 11.8 Å². The number of fused-ring (bicyclic) bond motifs is 1. The van der Waals surface area contributed by atoms with E-state index >= 15 is 0 Å². The molecule has 2 N–H and O–H groups in total. The predicted octanol–water partition coefficient (Wildman–Crippen LogP) is 0.0631. The van der Waals surface area contributed by atoms with E-state index in [-0.39, 0.29) is 69.8 Å². The van der Waals surface area contributed by atoms with E-state index in [9.17, 15) is 23.7 Å². The quantitative estimate of drug-likeness (QED) is 0.272. The molecule has 2 aliphatic rings. The normalized spacial score (nSPS) is 19.3. The van der Waals surface area contributed by atoms with E-state index < -0.39 is 29.1 Å². The first-order valence-electron chi connectivity index (χ1n) is 9.90. The number of aliphatic carboxylic acids is 1. The molecule has 3 amide bonds. The van der Waals surface area contributed by atoms with Crippen molar-refractivity contribution in [3.05, 3.63) is 29.3 Å². The minimum Gasteiger partial charge on any atom is -0.611 e. The first-order valence-corrected chi connectivity index (χ1v) is 11.2. The molecule has 2 unspecified atom stereocenters. The van der Waals surface area contributed by atoms with Crippen LogP contribution in [0.3, 0.4) is 0 Å². The Labute approximate surface area is 182 Å². The van der Waals surface area contributed by atoms with Gasteiger partial charge in [0.25, 0.3) is 5.91 Å². The second-order valence-electron chi connectivity index (χ2n) is 7.10. The Balaban J connectivity index is 1.52. The monoisotopic (exact) mass is 452 g/mol. The molecule has 31 heavy (non-hydrogen) atoms. The summed E-state index contributed by atoms with van der Waals surface area (Å²) in [7, 11) is 0. The number of hydrogen-bond donors (Lipinski definition) is 2. The Kier molecular flexibility index (Phi) is 8.02. The Morgan fingerprint density at radius 1 is 1.19 bits per heavy atom. The van der Waals surface area contributed by atoms with E-state index in [1.807, 2.05) is 0 Å². The van der Waals surface area contributed by atoms with Crippen molar-refractivity contribution in [2.45, 2.75) is 36.7 Å². The van der Waals surface area contributed by atoms with Gasteiger partial charge in [0.15, 0.2) is 4.90 Å². The van der Waals surface area contributed by atoms with Crippen LogP contribution in [0.5, 0.6) is 0 Å². The fourth-order valence-electron chi connectivity index (χ4n) is 3.50. The van der Waals surface area contributed by atoms with Gasteiger partial charge in [-0.1, -0.05) is 6.07 Å². The molecule has 1 aromatic carbocycles. The number of nitrogens with zero attached hydrogens (tertiary/aromatic N) is 1. The molecule has 11 heteroatoms. The molecule has 2 heterocycles. The molecular weight excluding hydrogens is 428 g/mol. The number of nitrogens with one attached hydrogen (secondary N) is 1. The summed E-state index contributed by atoms with van der Waals surface area (Å²) in [5, 5.41) is 10.8. The lowest BCUT2D eigenvalue weighted by atomic mass is 10.0. The molecular formula is C20H24N2O8S. The van der Waals surface area contributed by atoms with Gasteiger partial charge in [-0.3, -0.25) is 24.5 Å². The molecule has 3 rings (SSSR count). The lowest BCUT2D eigenvalue weighted by molar-refractivity contribution is -0.139. The zero-order valence-electron chi connectivity index (χ0n) is 16.8. The van der Waals surface area contributed by atoms with Crippen LogP contribution in [0, 0.1) is 0 Å². The molecule has 0 spiro atoms. The van der Waals surface area contributed by atoms with Gasteiger partial charge in [-0.05, 0) is 29.7 Å². The lowest BCUT2D eigenvalue weighted by Gasteiger charge is -2.29. The largest absolute Gasteiger partial charge is 0.611 e. The Hall–Kier alpha value is -2.47. The average Bonchev–Trinajstić information content (AvgIpc) is 3.06. The number of ether oxygens (including phenoxy) is 2. The lowest BCUT2D eigenvalue weighted by Crippen LogP contribution is -2.52. The number of piperidine rings is 1. The summed E-state index contributed by atoms with van der Waals surface area (Å²) in [6.45, 7) is 0.990. The van der Waals surface area contributed by atoms with Gasteiger partial charge in [-0.25, -0.2) is 0 Å². The molecule has 2 aliphatic heterocycles. The molecule has 10 nitrogen and oxygen atoms in total. The molecule has 1 aromatic rings. The first kappa shape index (κ1) is 23.2. The summed E-state index contributed by atoms with van der Waals surface area (Å²) in [5.41, 5.74) is 1.05. The van der Waals surface area contributed by atoms with Crippen molar-refractivity contribution in [1.29, 1.82) is 0 Å². The number of benzene rings is 1. The summed E-state index contributed by atoms with van der Waals surface area (Å²) in [5.74, 6) is -1.85. The molecule has 1 fully saturated rings. The highest BCUT2D eigenvalue weighted by Crippen LogP contribution is 2.32. The average molecular weight is 452 g/mol. The fourth-order valence-corrected chi connectivity index (χ4v) is 4.67. The Bertz CT molecular complexity index is 862. The van der Waals surface area contributed by atoms with Crippen LogP contribution in [-0.4, -0.2) is 76.5 Å². The summed E-state index contributed by atoms with van der Waals surface area (Å²) >= 11 is -1.41. The summed E-state index contributed by atoms with van der Waals surface area (Å²) in [6.07, 6.45) is 0.371. The number of imide groups is 1. The number of carbonyl (C=O) groups excluding carboxylic acids is 3. The maximum atomic E-state index is 12.8. The van der Waals surface area contributed by atoms with Crippen molar-refractivity contribution in [1.82, 2.24) is 10.2 Å². The standard InChI is InChI=1S/C20H24N2O8S/c23-17-5-4-15(19(26)21-17)22-12-14-13(20(22)27)2-1-3-16(14)31(28)11-10-30-9-8-29-7-6-18(24)25/h1-3,15H,4-12H2,(H,24,25)(H,21,23,26). The molecule has 0 aromatic heterocycles. The van der Waals surface area contributed by atoms with Gasteiger partial charge < -0.3 is 24.0 Å². The van der Waals surface area contributed by atoms with Gasteiger partial charge in [0, 0.05) is 17.5 Å². The third-order valence-corrected chi connectivity index (χ3v) is 6.44. The topological polar surface area (TPSA) is 145 Å². The summed E-state index contributed by atoms with van der Waals surface area (Å²) in [6, 6.07) is 4.29. The van der Waals surface area contributed by atoms with Gasteiger partial charge in [-0.15, -0.1) is 0 Å². The maximum absolute atomic E-state index is 12.8. The van der Waals surface area contributed by atoms with Crippen molar-refractivity contribution >= 4 is 34.9 Å². The van der Waals surface area contributed by atoms with Crippen LogP contribution < -0.4 is 5.32 Å². The Morgan fingerprint density at radius 2 is 1.94 bits per heavy atom. The van der Waals surface area contributed by atoms with E-state index in [0.29, 0.717) is 16.0 Å². The van der Waals surface area contributed by atoms with Crippen molar-refractivity contribution < 1.29 is 38.3 Å². The van der Waals surface area contributed by atoms with E-state index in [4.69, 9.17) is 14.6 Å². The summed E-state index contributed by atoms with van der Waals surface area (Å²) < 4.78 is 23.3. The van der Waals surface area contributed by atoms with E-state index in [1.54, 1.807) is 18.2 Å². The smallest absolute Gasteiger partial charge is 0.305 e. The van der Waals surface area contributed by atoms with Crippen LogP contribution in [0.1, 0.15) is 35.2 Å². The molecule has 168 valence electrons. The van der Waals surface area contributed by atoms with Crippen molar-refractivity contribution in [2.75, 3.05) is 32.2 Å². The summed E-state index contributed by atoms with van der Waals surface area (Å²) in [4.78, 5) is 48.7. The first-order chi connectivity index (χ1) is 14.9. The van der Waals surface area contributed by atoms with Crippen LogP contribution in [0.15, 0.2) is 23.1 Å². The van der Waals surface area contributed by atoms with Crippen LogP contribution in [0.2, 0.25) is 0 Å². The fraction of sp³-hybridized carbons (Fsp3) is 0.500. The molecule has 2 atom stereocenters. The number of carboxylic acids is 1. The van der Waals surface area contributed by atoms with Crippen molar-refractivity contribution in [3.8, 4) is 0 Å². The van der Waals surface area contributed by atoms with Gasteiger partial charge >= 0.3 is 5.97 Å². The minimum absolute atomic E-state index is 0.0717. The minimum atomic E-state index is -1.41. The van der Waals surface area contributed by atoms with Crippen LogP contribution >= 0.6 is 0 Å². The number of rotatable bonds is 11. The van der Waals surface area contributed by atoms with Crippen molar-refractivity contribution in [3.63, 3.8) is 0 Å².